The van der Waals surface area contributed by atoms with Crippen molar-refractivity contribution >= 4 is 23.4 Å². The van der Waals surface area contributed by atoms with E-state index in [4.69, 9.17) is 0 Å². The molecule has 2 aromatic rings. The predicted octanol–water partition coefficient (Wildman–Crippen LogP) is 4.86. The minimum absolute atomic E-state index is 0.0311. The van der Waals surface area contributed by atoms with Crippen molar-refractivity contribution in [2.45, 2.75) is 56.8 Å². The molecule has 6 nitrogen and oxygen atoms in total. The summed E-state index contributed by atoms with van der Waals surface area (Å²) in [6.07, 6.45) is -1.59. The third-order valence-corrected chi connectivity index (χ3v) is 7.07. The van der Waals surface area contributed by atoms with Gasteiger partial charge in [0.15, 0.2) is 5.69 Å². The Labute approximate surface area is 202 Å². The van der Waals surface area contributed by atoms with Crippen molar-refractivity contribution in [3.05, 3.63) is 41.2 Å². The number of rotatable bonds is 6. The maximum absolute atomic E-state index is 13.9. The summed E-state index contributed by atoms with van der Waals surface area (Å²) in [5.74, 6) is 0.163. The summed E-state index contributed by atoms with van der Waals surface area (Å²) in [7, 11) is 0. The van der Waals surface area contributed by atoms with Crippen LogP contribution in [0.25, 0.3) is 0 Å². The Hall–Kier alpha value is -2.51. The summed E-state index contributed by atoms with van der Waals surface area (Å²) in [5, 5.41) is 18.9. The van der Waals surface area contributed by atoms with E-state index in [1.165, 1.54) is 13.8 Å². The highest BCUT2D eigenvalue weighted by Crippen LogP contribution is 2.37. The first-order valence-electron chi connectivity index (χ1n) is 11.1. The molecule has 0 bridgehead atoms. The van der Waals surface area contributed by atoms with Crippen LogP contribution >= 0.6 is 11.8 Å². The number of alkyl halides is 3. The van der Waals surface area contributed by atoms with Gasteiger partial charge in [0.2, 0.25) is 5.95 Å². The molecule has 1 saturated heterocycles. The van der Waals surface area contributed by atoms with E-state index in [1.807, 2.05) is 49.3 Å². The highest BCUT2D eigenvalue weighted by molar-refractivity contribution is 7.98. The summed E-state index contributed by atoms with van der Waals surface area (Å²) in [6, 6.07) is 7.73. The van der Waals surface area contributed by atoms with Crippen LogP contribution in [0.5, 0.6) is 0 Å². The van der Waals surface area contributed by atoms with Crippen LogP contribution < -0.4 is 9.80 Å². The van der Waals surface area contributed by atoms with Gasteiger partial charge in [0, 0.05) is 42.0 Å². The first-order chi connectivity index (χ1) is 15.9. The second-order valence-electron chi connectivity index (χ2n) is 9.27. The number of aromatic nitrogens is 2. The van der Waals surface area contributed by atoms with Gasteiger partial charge in [0.05, 0.1) is 24.1 Å². The van der Waals surface area contributed by atoms with E-state index in [0.29, 0.717) is 19.6 Å². The van der Waals surface area contributed by atoms with Gasteiger partial charge in [-0.05, 0) is 43.7 Å². The molecular formula is C24H30F3N5OS. The Balaban J connectivity index is 1.95. The van der Waals surface area contributed by atoms with E-state index >= 15 is 0 Å². The monoisotopic (exact) mass is 493 g/mol. The Morgan fingerprint density at radius 1 is 1.26 bits per heavy atom. The maximum atomic E-state index is 13.9. The minimum Gasteiger partial charge on any atom is -0.392 e. The van der Waals surface area contributed by atoms with E-state index in [-0.39, 0.29) is 30.1 Å². The smallest absolute Gasteiger partial charge is 0.392 e. The summed E-state index contributed by atoms with van der Waals surface area (Å²) in [6.45, 7) is 8.53. The quantitative estimate of drug-likeness (QED) is 0.576. The number of anilines is 2. The van der Waals surface area contributed by atoms with Crippen LogP contribution in [0, 0.1) is 17.2 Å². The summed E-state index contributed by atoms with van der Waals surface area (Å²) >= 11 is 1.57. The fraction of sp³-hybridized carbons (Fsp3) is 0.542. The zero-order chi connectivity index (χ0) is 25.3. The molecule has 2 heterocycles. The fourth-order valence-electron chi connectivity index (χ4n) is 4.17. The molecule has 0 aliphatic carbocycles. The highest BCUT2D eigenvalue weighted by atomic mass is 32.2. The van der Waals surface area contributed by atoms with Crippen LogP contribution in [0.4, 0.5) is 24.8 Å². The van der Waals surface area contributed by atoms with Crippen molar-refractivity contribution in [2.24, 2.45) is 5.92 Å². The standard InChI is InChI=1S/C24H30F3N5OS/c1-15(2)19-12-31(17-7-6-16(13-33)20(10-17)34-5)8-9-32(19)22-29-11-18(23(3,4)14-28)21(30-22)24(25,26)27/h6-7,10-11,15,19,33H,8-9,12-13H2,1-5H3. The molecule has 1 aromatic carbocycles. The van der Waals surface area contributed by atoms with Crippen molar-refractivity contribution in [3.8, 4) is 6.07 Å². The van der Waals surface area contributed by atoms with E-state index in [9.17, 15) is 23.5 Å². The second kappa shape index (κ2) is 10.0. The molecule has 1 unspecified atom stereocenters. The van der Waals surface area contributed by atoms with Crippen LogP contribution in [0.3, 0.4) is 0 Å². The third kappa shape index (κ3) is 5.26. The minimum atomic E-state index is -4.70. The molecule has 0 spiro atoms. The molecule has 1 fully saturated rings. The van der Waals surface area contributed by atoms with Gasteiger partial charge in [-0.25, -0.2) is 9.97 Å². The normalized spacial score (nSPS) is 17.3. The lowest BCUT2D eigenvalue weighted by Crippen LogP contribution is -2.56. The zero-order valence-corrected chi connectivity index (χ0v) is 20.8. The van der Waals surface area contributed by atoms with Gasteiger partial charge in [-0.1, -0.05) is 19.9 Å². The molecule has 10 heteroatoms. The number of hydrogen-bond donors (Lipinski definition) is 1. The van der Waals surface area contributed by atoms with E-state index < -0.39 is 17.3 Å². The Morgan fingerprint density at radius 3 is 2.53 bits per heavy atom. The van der Waals surface area contributed by atoms with Crippen LogP contribution in [-0.2, 0) is 18.2 Å². The lowest BCUT2D eigenvalue weighted by molar-refractivity contribution is -0.142. The van der Waals surface area contributed by atoms with Crippen LogP contribution in [-0.4, -0.2) is 47.0 Å². The van der Waals surface area contributed by atoms with Crippen molar-refractivity contribution < 1.29 is 18.3 Å². The Bertz CT molecular complexity index is 1070. The van der Waals surface area contributed by atoms with Crippen molar-refractivity contribution in [2.75, 3.05) is 35.7 Å². The number of aliphatic hydroxyl groups is 1. The van der Waals surface area contributed by atoms with Gasteiger partial charge in [-0.15, -0.1) is 11.8 Å². The Morgan fingerprint density at radius 2 is 1.97 bits per heavy atom. The number of aliphatic hydroxyl groups excluding tert-OH is 1. The molecule has 1 aliphatic heterocycles. The van der Waals surface area contributed by atoms with Crippen molar-refractivity contribution in [1.82, 2.24) is 9.97 Å². The molecule has 34 heavy (non-hydrogen) atoms. The SMILES string of the molecule is CSc1cc(N2CCN(c3ncc(C(C)(C)C#N)c(C(F)(F)F)n3)C(C(C)C)C2)ccc1CO. The number of nitriles is 1. The number of benzene rings is 1. The highest BCUT2D eigenvalue weighted by Gasteiger charge is 2.42. The molecule has 0 radical (unpaired) electrons. The summed E-state index contributed by atoms with van der Waals surface area (Å²) in [5.41, 5.74) is -0.772. The van der Waals surface area contributed by atoms with Crippen LogP contribution in [0.15, 0.2) is 29.3 Å². The first kappa shape index (κ1) is 26.1. The topological polar surface area (TPSA) is 76.3 Å². The van der Waals surface area contributed by atoms with Crippen LogP contribution in [0.2, 0.25) is 0 Å². The van der Waals surface area contributed by atoms with E-state index in [0.717, 1.165) is 22.3 Å². The molecule has 1 atom stereocenters. The van der Waals surface area contributed by atoms with Gasteiger partial charge in [-0.3, -0.25) is 0 Å². The summed E-state index contributed by atoms with van der Waals surface area (Å²) in [4.78, 5) is 13.3. The fourth-order valence-corrected chi connectivity index (χ4v) is 4.80. The molecular weight excluding hydrogens is 463 g/mol. The molecule has 1 aromatic heterocycles. The largest absolute Gasteiger partial charge is 0.433 e. The second-order valence-corrected chi connectivity index (χ2v) is 10.1. The lowest BCUT2D eigenvalue weighted by atomic mass is 9.86. The molecule has 0 saturated carbocycles. The van der Waals surface area contributed by atoms with Gasteiger partial charge < -0.3 is 14.9 Å². The predicted molar refractivity (Wildman–Crippen MR) is 128 cm³/mol. The van der Waals surface area contributed by atoms with Gasteiger partial charge in [0.25, 0.3) is 0 Å². The zero-order valence-electron chi connectivity index (χ0n) is 20.0. The van der Waals surface area contributed by atoms with Gasteiger partial charge >= 0.3 is 6.18 Å². The van der Waals surface area contributed by atoms with E-state index in [2.05, 4.69) is 14.9 Å². The average Bonchev–Trinajstić information content (AvgIpc) is 2.82. The number of thioether (sulfide) groups is 1. The first-order valence-corrected chi connectivity index (χ1v) is 12.3. The molecule has 1 aliphatic rings. The van der Waals surface area contributed by atoms with Gasteiger partial charge in [0.1, 0.15) is 0 Å². The lowest BCUT2D eigenvalue weighted by Gasteiger charge is -2.44. The molecule has 184 valence electrons. The van der Waals surface area contributed by atoms with E-state index in [1.54, 1.807) is 11.8 Å². The third-order valence-electron chi connectivity index (χ3n) is 6.25. The number of hydrogen-bond acceptors (Lipinski definition) is 7. The molecule has 0 amide bonds. The maximum Gasteiger partial charge on any atom is 0.433 e. The van der Waals surface area contributed by atoms with Gasteiger partial charge in [-0.2, -0.15) is 18.4 Å². The van der Waals surface area contributed by atoms with Crippen LogP contribution in [0.1, 0.15) is 44.5 Å². The van der Waals surface area contributed by atoms with Crippen molar-refractivity contribution in [3.63, 3.8) is 0 Å². The number of nitrogens with zero attached hydrogens (tertiary/aromatic N) is 5. The molecule has 1 N–H and O–H groups in total. The molecule has 3 rings (SSSR count). The number of halogens is 3. The average molecular weight is 494 g/mol. The summed E-state index contributed by atoms with van der Waals surface area (Å²) < 4.78 is 41.7. The Kier molecular flexibility index (Phi) is 7.68. The number of piperazine rings is 1. The van der Waals surface area contributed by atoms with Crippen molar-refractivity contribution in [1.29, 1.82) is 5.26 Å².